The summed E-state index contributed by atoms with van der Waals surface area (Å²) in [6, 6.07) is 5.19. The highest BCUT2D eigenvalue weighted by molar-refractivity contribution is 5.51. The molecule has 0 saturated carbocycles. The van der Waals surface area contributed by atoms with Crippen LogP contribution in [0.4, 0.5) is 0 Å². The molecule has 140 valence electrons. The number of H-pyrrole nitrogens is 1. The summed E-state index contributed by atoms with van der Waals surface area (Å²) in [4.78, 5) is 30.2. The molecule has 0 aromatic carbocycles. The lowest BCUT2D eigenvalue weighted by Gasteiger charge is -2.15. The molecule has 1 aliphatic heterocycles. The zero-order chi connectivity index (χ0) is 19.0. The number of nitrogens with zero attached hydrogens (tertiary/aromatic N) is 5. The van der Waals surface area contributed by atoms with Crippen molar-refractivity contribution in [2.24, 2.45) is 0 Å². The highest BCUT2D eigenvalue weighted by atomic mass is 16.5. The molecule has 0 amide bonds. The predicted octanol–water partition coefficient (Wildman–Crippen LogP) is 0.0196. The summed E-state index contributed by atoms with van der Waals surface area (Å²) in [5, 5.41) is 18.0. The Kier molecular flexibility index (Phi) is 4.42. The van der Waals surface area contributed by atoms with E-state index in [1.165, 1.54) is 10.8 Å². The molecule has 0 bridgehead atoms. The lowest BCUT2D eigenvalue weighted by Crippen LogP contribution is -2.33. The zero-order valence-corrected chi connectivity index (χ0v) is 14.5. The highest BCUT2D eigenvalue weighted by Crippen LogP contribution is 2.36. The molecule has 4 rings (SSSR count). The van der Waals surface area contributed by atoms with Gasteiger partial charge in [0, 0.05) is 24.4 Å². The van der Waals surface area contributed by atoms with Gasteiger partial charge in [0.15, 0.2) is 0 Å². The van der Waals surface area contributed by atoms with E-state index in [0.717, 1.165) is 0 Å². The third-order valence-corrected chi connectivity index (χ3v) is 4.62. The Morgan fingerprint density at radius 2 is 2.15 bits per heavy atom. The molecule has 2 N–H and O–H groups in total. The first-order valence-corrected chi connectivity index (χ1v) is 8.48. The first kappa shape index (κ1) is 17.3. The van der Waals surface area contributed by atoms with Crippen LogP contribution in [-0.4, -0.2) is 47.3 Å². The van der Waals surface area contributed by atoms with Gasteiger partial charge < -0.3 is 9.84 Å². The number of aliphatic hydroxyl groups is 1. The summed E-state index contributed by atoms with van der Waals surface area (Å²) < 4.78 is 8.79. The Bertz CT molecular complexity index is 1060. The van der Waals surface area contributed by atoms with E-state index in [0.29, 0.717) is 23.4 Å². The van der Waals surface area contributed by atoms with Gasteiger partial charge in [-0.25, -0.2) is 9.48 Å². The average Bonchev–Trinajstić information content (AvgIpc) is 3.32. The summed E-state index contributed by atoms with van der Waals surface area (Å²) >= 11 is 0. The van der Waals surface area contributed by atoms with Crippen molar-refractivity contribution >= 4 is 0 Å². The molecule has 3 aromatic heterocycles. The van der Waals surface area contributed by atoms with Gasteiger partial charge in [-0.3, -0.25) is 19.3 Å². The fraction of sp³-hybridized carbons (Fsp3) is 0.353. The number of hydrogen-bond acceptors (Lipinski definition) is 7. The van der Waals surface area contributed by atoms with Gasteiger partial charge in [0.05, 0.1) is 24.5 Å². The first-order chi connectivity index (χ1) is 13.1. The lowest BCUT2D eigenvalue weighted by atomic mass is 10.1. The van der Waals surface area contributed by atoms with Crippen LogP contribution >= 0.6 is 0 Å². The molecule has 3 atom stereocenters. The van der Waals surface area contributed by atoms with Crippen LogP contribution in [-0.2, 0) is 4.74 Å². The summed E-state index contributed by atoms with van der Waals surface area (Å²) in [5.41, 5.74) is 0.710. The van der Waals surface area contributed by atoms with E-state index in [1.807, 2.05) is 18.2 Å². The number of ether oxygens (including phenoxy) is 1. The van der Waals surface area contributed by atoms with Crippen molar-refractivity contribution in [3.05, 3.63) is 63.2 Å². The van der Waals surface area contributed by atoms with Crippen LogP contribution in [0.5, 0.6) is 0 Å². The first-order valence-electron chi connectivity index (χ1n) is 8.48. The van der Waals surface area contributed by atoms with E-state index in [2.05, 4.69) is 20.3 Å². The molecular weight excluding hydrogens is 352 g/mol. The van der Waals surface area contributed by atoms with Crippen molar-refractivity contribution in [3.63, 3.8) is 0 Å². The molecule has 4 heterocycles. The van der Waals surface area contributed by atoms with Crippen LogP contribution in [0.1, 0.15) is 24.3 Å². The van der Waals surface area contributed by atoms with Crippen LogP contribution in [0.2, 0.25) is 0 Å². The third-order valence-electron chi connectivity index (χ3n) is 4.62. The summed E-state index contributed by atoms with van der Waals surface area (Å²) in [7, 11) is 0. The highest BCUT2D eigenvalue weighted by Gasteiger charge is 2.38. The second-order valence-corrected chi connectivity index (χ2v) is 6.39. The normalized spacial score (nSPS) is 22.2. The van der Waals surface area contributed by atoms with E-state index in [1.54, 1.807) is 24.0 Å². The SMILES string of the molecule is Cc1cn(C2C[C@H](n3cc(-c4ccccn4)nn3)[C@@H](CO)O2)c(=O)[nH]c1=O. The maximum Gasteiger partial charge on any atom is 0.330 e. The molecule has 1 unspecified atom stereocenters. The zero-order valence-electron chi connectivity index (χ0n) is 14.5. The molecule has 1 fully saturated rings. The molecular formula is C17H18N6O4. The van der Waals surface area contributed by atoms with Gasteiger partial charge in [-0.05, 0) is 19.1 Å². The van der Waals surface area contributed by atoms with E-state index < -0.39 is 23.6 Å². The minimum Gasteiger partial charge on any atom is -0.394 e. The lowest BCUT2D eigenvalue weighted by molar-refractivity contribution is -0.0323. The van der Waals surface area contributed by atoms with Crippen molar-refractivity contribution in [1.29, 1.82) is 0 Å². The molecule has 3 aromatic rings. The van der Waals surface area contributed by atoms with E-state index in [4.69, 9.17) is 4.74 Å². The van der Waals surface area contributed by atoms with Gasteiger partial charge in [-0.2, -0.15) is 0 Å². The van der Waals surface area contributed by atoms with Gasteiger partial charge in [-0.1, -0.05) is 11.3 Å². The van der Waals surface area contributed by atoms with Gasteiger partial charge in [-0.15, -0.1) is 5.10 Å². The minimum atomic E-state index is -0.627. The molecule has 10 heteroatoms. The van der Waals surface area contributed by atoms with Crippen LogP contribution in [0, 0.1) is 6.92 Å². The monoisotopic (exact) mass is 370 g/mol. The second kappa shape index (κ2) is 6.89. The number of aliphatic hydroxyl groups excluding tert-OH is 1. The van der Waals surface area contributed by atoms with E-state index in [9.17, 15) is 14.7 Å². The Hall–Kier alpha value is -3.11. The third kappa shape index (κ3) is 3.20. The number of pyridine rings is 1. The Labute approximate surface area is 153 Å². The topological polar surface area (TPSA) is 128 Å². The van der Waals surface area contributed by atoms with Crippen LogP contribution in [0.15, 0.2) is 46.4 Å². The number of hydrogen-bond donors (Lipinski definition) is 2. The maximum absolute atomic E-state index is 12.1. The quantitative estimate of drug-likeness (QED) is 0.662. The fourth-order valence-corrected chi connectivity index (χ4v) is 3.20. The smallest absolute Gasteiger partial charge is 0.330 e. The van der Waals surface area contributed by atoms with Crippen molar-refractivity contribution in [2.45, 2.75) is 31.7 Å². The average molecular weight is 370 g/mol. The predicted molar refractivity (Wildman–Crippen MR) is 94.0 cm³/mol. The van der Waals surface area contributed by atoms with Crippen molar-refractivity contribution in [3.8, 4) is 11.4 Å². The van der Waals surface area contributed by atoms with Crippen LogP contribution in [0.25, 0.3) is 11.4 Å². The molecule has 1 saturated heterocycles. The number of rotatable bonds is 4. The Morgan fingerprint density at radius 1 is 1.30 bits per heavy atom. The summed E-state index contributed by atoms with van der Waals surface area (Å²) in [6.45, 7) is 1.37. The molecule has 27 heavy (non-hydrogen) atoms. The summed E-state index contributed by atoms with van der Waals surface area (Å²) in [5.74, 6) is 0. The molecule has 1 aliphatic rings. The summed E-state index contributed by atoms with van der Waals surface area (Å²) in [6.07, 6.45) is 4.07. The fourth-order valence-electron chi connectivity index (χ4n) is 3.20. The maximum atomic E-state index is 12.1. The van der Waals surface area contributed by atoms with E-state index in [-0.39, 0.29) is 12.6 Å². The number of aromatic nitrogens is 6. The molecule has 0 aliphatic carbocycles. The number of aromatic amines is 1. The molecule has 0 radical (unpaired) electrons. The molecule has 0 spiro atoms. The minimum absolute atomic E-state index is 0.239. The largest absolute Gasteiger partial charge is 0.394 e. The standard InChI is InChI=1S/C17H18N6O4/c1-10-7-22(17(26)19-16(10)25)15-6-13(14(9-24)27-15)23-8-12(20-21-23)11-4-2-3-5-18-11/h2-5,7-8,13-15,24H,6,9H2,1H3,(H,19,25,26)/t13-,14+,15?/m0/s1. The van der Waals surface area contributed by atoms with Crippen LogP contribution < -0.4 is 11.2 Å². The van der Waals surface area contributed by atoms with Crippen molar-refractivity contribution < 1.29 is 9.84 Å². The van der Waals surface area contributed by atoms with Gasteiger partial charge in [0.1, 0.15) is 18.0 Å². The van der Waals surface area contributed by atoms with E-state index >= 15 is 0 Å². The Balaban J connectivity index is 1.63. The van der Waals surface area contributed by atoms with Gasteiger partial charge in [0.2, 0.25) is 0 Å². The van der Waals surface area contributed by atoms with Crippen LogP contribution in [0.3, 0.4) is 0 Å². The van der Waals surface area contributed by atoms with Crippen molar-refractivity contribution in [2.75, 3.05) is 6.61 Å². The molecule has 10 nitrogen and oxygen atoms in total. The number of aryl methyl sites for hydroxylation is 1. The number of nitrogens with one attached hydrogen (secondary N) is 1. The second-order valence-electron chi connectivity index (χ2n) is 6.39. The van der Waals surface area contributed by atoms with Gasteiger partial charge >= 0.3 is 5.69 Å². The Morgan fingerprint density at radius 3 is 2.89 bits per heavy atom. The van der Waals surface area contributed by atoms with Crippen molar-refractivity contribution in [1.82, 2.24) is 29.5 Å². The van der Waals surface area contributed by atoms with Gasteiger partial charge in [0.25, 0.3) is 5.56 Å².